The zero-order valence-corrected chi connectivity index (χ0v) is 7.14. The van der Waals surface area contributed by atoms with Crippen molar-refractivity contribution in [3.8, 4) is 0 Å². The van der Waals surface area contributed by atoms with Crippen molar-refractivity contribution in [1.82, 2.24) is 0 Å². The molecule has 1 atom stereocenters. The Bertz CT molecular complexity index is 342. The number of hydrogen-bond donors (Lipinski definition) is 0. The number of nitro benzene ring substituents is 1. The van der Waals surface area contributed by atoms with E-state index in [1.807, 2.05) is 0 Å². The van der Waals surface area contributed by atoms with Crippen LogP contribution in [0.4, 0.5) is 5.69 Å². The molecule has 1 aromatic rings. The van der Waals surface area contributed by atoms with Crippen molar-refractivity contribution >= 4 is 17.3 Å². The van der Waals surface area contributed by atoms with Crippen LogP contribution >= 0.6 is 11.6 Å². The van der Waals surface area contributed by atoms with Gasteiger partial charge in [-0.3, -0.25) is 10.1 Å². The summed E-state index contributed by atoms with van der Waals surface area (Å²) in [6.45, 7) is 0. The first-order valence-corrected chi connectivity index (χ1v) is 3.79. The van der Waals surface area contributed by atoms with Gasteiger partial charge >= 0.3 is 0 Å². The van der Waals surface area contributed by atoms with Gasteiger partial charge < -0.3 is 0 Å². The van der Waals surface area contributed by atoms with E-state index in [0.717, 1.165) is 0 Å². The number of hydrogen-bond acceptors (Lipinski definition) is 4. The number of halogens is 1. The molecule has 0 aliphatic heterocycles. The molecule has 0 saturated heterocycles. The molecule has 5 nitrogen and oxygen atoms in total. The van der Waals surface area contributed by atoms with Crippen molar-refractivity contribution in [2.24, 2.45) is 5.18 Å². The maximum Gasteiger partial charge on any atom is 0.269 e. The zero-order chi connectivity index (χ0) is 9.84. The molecule has 0 aliphatic carbocycles. The third-order valence-electron chi connectivity index (χ3n) is 1.45. The van der Waals surface area contributed by atoms with E-state index in [4.69, 9.17) is 11.6 Å². The van der Waals surface area contributed by atoms with Crippen LogP contribution in [-0.4, -0.2) is 4.92 Å². The Balaban J connectivity index is 3.04. The summed E-state index contributed by atoms with van der Waals surface area (Å²) in [5.41, 5.74) is -0.849. The fourth-order valence-corrected chi connectivity index (χ4v) is 0.983. The Morgan fingerprint density at radius 2 is 2.23 bits per heavy atom. The lowest BCUT2D eigenvalue weighted by atomic mass is 10.2. The van der Waals surface area contributed by atoms with E-state index in [-0.39, 0.29) is 5.69 Å². The first kappa shape index (κ1) is 9.60. The predicted molar refractivity (Wildman–Crippen MR) is 47.5 cm³/mol. The first-order valence-electron chi connectivity index (χ1n) is 3.36. The van der Waals surface area contributed by atoms with E-state index >= 15 is 0 Å². The number of non-ortho nitro benzene ring substituents is 1. The summed E-state index contributed by atoms with van der Waals surface area (Å²) in [4.78, 5) is 19.8. The van der Waals surface area contributed by atoms with E-state index in [1.165, 1.54) is 24.3 Å². The maximum absolute atomic E-state index is 10.3. The minimum Gasteiger partial charge on any atom is -0.258 e. The average Bonchev–Trinajstić information content (AvgIpc) is 2.17. The Morgan fingerprint density at radius 3 is 2.77 bits per heavy atom. The Labute approximate surface area is 78.4 Å². The zero-order valence-electron chi connectivity index (χ0n) is 6.38. The second kappa shape index (κ2) is 3.95. The summed E-state index contributed by atoms with van der Waals surface area (Å²) < 4.78 is 0. The normalized spacial score (nSPS) is 12.1. The molecule has 0 fully saturated rings. The lowest BCUT2D eigenvalue weighted by Gasteiger charge is -1.99. The van der Waals surface area contributed by atoms with Gasteiger partial charge in [0.1, 0.15) is 0 Å². The van der Waals surface area contributed by atoms with Gasteiger partial charge in [-0.15, -0.1) is 4.91 Å². The monoisotopic (exact) mass is 200 g/mol. The number of rotatable bonds is 3. The Kier molecular flexibility index (Phi) is 2.92. The van der Waals surface area contributed by atoms with Crippen molar-refractivity contribution in [2.75, 3.05) is 0 Å². The van der Waals surface area contributed by atoms with Gasteiger partial charge in [-0.05, 0) is 5.18 Å². The molecule has 1 unspecified atom stereocenters. The molecule has 0 saturated carbocycles. The summed E-state index contributed by atoms with van der Waals surface area (Å²) in [7, 11) is 0. The second-order valence-electron chi connectivity index (χ2n) is 2.29. The van der Waals surface area contributed by atoms with E-state index in [1.54, 1.807) is 0 Å². The molecule has 1 aromatic carbocycles. The largest absolute Gasteiger partial charge is 0.269 e. The average molecular weight is 201 g/mol. The quantitative estimate of drug-likeness (QED) is 0.248. The van der Waals surface area contributed by atoms with Gasteiger partial charge in [-0.25, -0.2) is 0 Å². The first-order chi connectivity index (χ1) is 6.15. The lowest BCUT2D eigenvalue weighted by Crippen LogP contribution is -1.90. The molecule has 0 aliphatic rings. The highest BCUT2D eigenvalue weighted by atomic mass is 35.5. The van der Waals surface area contributed by atoms with Crippen molar-refractivity contribution < 1.29 is 4.92 Å². The van der Waals surface area contributed by atoms with Gasteiger partial charge in [-0.1, -0.05) is 23.7 Å². The van der Waals surface area contributed by atoms with Gasteiger partial charge in [0, 0.05) is 17.7 Å². The predicted octanol–water partition coefficient (Wildman–Crippen LogP) is 2.60. The molecule has 0 heterocycles. The summed E-state index contributed by atoms with van der Waals surface area (Å²) in [6, 6.07) is 5.50. The molecule has 68 valence electrons. The number of nitroso groups, excluding NO2 is 1. The van der Waals surface area contributed by atoms with Crippen LogP contribution < -0.4 is 0 Å². The topological polar surface area (TPSA) is 72.6 Å². The second-order valence-corrected chi connectivity index (χ2v) is 2.71. The van der Waals surface area contributed by atoms with E-state index in [0.29, 0.717) is 5.56 Å². The van der Waals surface area contributed by atoms with E-state index in [2.05, 4.69) is 5.18 Å². The summed E-state index contributed by atoms with van der Waals surface area (Å²) in [5, 5.41) is 12.9. The van der Waals surface area contributed by atoms with E-state index < -0.39 is 10.4 Å². The third-order valence-corrected chi connectivity index (χ3v) is 1.78. The molecular weight excluding hydrogens is 196 g/mol. The van der Waals surface area contributed by atoms with Crippen molar-refractivity contribution in [3.63, 3.8) is 0 Å². The Morgan fingerprint density at radius 1 is 1.54 bits per heavy atom. The van der Waals surface area contributed by atoms with Gasteiger partial charge in [-0.2, -0.15) is 0 Å². The molecule has 13 heavy (non-hydrogen) atoms. The van der Waals surface area contributed by atoms with E-state index in [9.17, 15) is 15.0 Å². The number of benzene rings is 1. The van der Waals surface area contributed by atoms with Crippen LogP contribution in [0.25, 0.3) is 0 Å². The Hall–Kier alpha value is -1.49. The summed E-state index contributed by atoms with van der Waals surface area (Å²) >= 11 is 5.47. The molecule has 0 bridgehead atoms. The van der Waals surface area contributed by atoms with Crippen LogP contribution in [0.15, 0.2) is 29.4 Å². The van der Waals surface area contributed by atoms with Crippen LogP contribution in [0.5, 0.6) is 0 Å². The van der Waals surface area contributed by atoms with Crippen LogP contribution in [0, 0.1) is 15.0 Å². The van der Waals surface area contributed by atoms with Crippen molar-refractivity contribution in [2.45, 2.75) is 5.50 Å². The van der Waals surface area contributed by atoms with Crippen LogP contribution in [0.3, 0.4) is 0 Å². The third kappa shape index (κ3) is 2.22. The summed E-state index contributed by atoms with van der Waals surface area (Å²) in [5.74, 6) is 0. The fraction of sp³-hybridized carbons (Fsp3) is 0.143. The minimum absolute atomic E-state index is 0.105. The SMILES string of the molecule is O=NC(Cl)c1cccc([N+](=O)[O-])c1. The summed E-state index contributed by atoms with van der Waals surface area (Å²) in [6.07, 6.45) is 0. The molecule has 0 amide bonds. The van der Waals surface area contributed by atoms with Gasteiger partial charge in [0.25, 0.3) is 5.69 Å². The van der Waals surface area contributed by atoms with Crippen molar-refractivity contribution in [1.29, 1.82) is 0 Å². The molecular formula is C7H5ClN2O3. The molecule has 0 aromatic heterocycles. The standard InChI is InChI=1S/C7H5ClN2O3/c8-7(9-11)5-2-1-3-6(4-5)10(12)13/h1-4,7H. The molecule has 1 rings (SSSR count). The molecule has 6 heteroatoms. The fourth-order valence-electron chi connectivity index (χ4n) is 0.847. The molecule has 0 spiro atoms. The number of nitrogens with zero attached hydrogens (tertiary/aromatic N) is 2. The van der Waals surface area contributed by atoms with Crippen LogP contribution in [0.1, 0.15) is 11.1 Å². The van der Waals surface area contributed by atoms with Gasteiger partial charge in [0.2, 0.25) is 0 Å². The van der Waals surface area contributed by atoms with Crippen molar-refractivity contribution in [3.05, 3.63) is 44.9 Å². The van der Waals surface area contributed by atoms with Gasteiger partial charge in [0.05, 0.1) is 4.92 Å². The highest BCUT2D eigenvalue weighted by Gasteiger charge is 2.11. The number of alkyl halides is 1. The molecule has 0 radical (unpaired) electrons. The highest BCUT2D eigenvalue weighted by molar-refractivity contribution is 6.20. The minimum atomic E-state index is -1.07. The number of nitro groups is 1. The van der Waals surface area contributed by atoms with Gasteiger partial charge in [0.15, 0.2) is 5.50 Å². The van der Waals surface area contributed by atoms with Crippen LogP contribution in [-0.2, 0) is 0 Å². The maximum atomic E-state index is 10.3. The lowest BCUT2D eigenvalue weighted by molar-refractivity contribution is -0.384. The molecule has 0 N–H and O–H groups in total. The highest BCUT2D eigenvalue weighted by Crippen LogP contribution is 2.24. The van der Waals surface area contributed by atoms with Crippen LogP contribution in [0.2, 0.25) is 0 Å². The smallest absolute Gasteiger partial charge is 0.258 e.